The van der Waals surface area contributed by atoms with Crippen LogP contribution in [-0.2, 0) is 38.1 Å². The van der Waals surface area contributed by atoms with Crippen molar-refractivity contribution < 1.29 is 53.1 Å². The van der Waals surface area contributed by atoms with Crippen molar-refractivity contribution in [2.75, 3.05) is 20.6 Å². The molecule has 5 rings (SSSR count). The summed E-state index contributed by atoms with van der Waals surface area (Å²) < 4.78 is 30.5. The van der Waals surface area contributed by atoms with E-state index in [-0.39, 0.29) is 30.3 Å². The second kappa shape index (κ2) is 19.5. The Kier molecular flexibility index (Phi) is 15.2. The number of alkyl carbamates (subject to hydrolysis) is 1. The first-order valence-corrected chi connectivity index (χ1v) is 20.8. The number of benzene rings is 1. The van der Waals surface area contributed by atoms with E-state index >= 15 is 0 Å². The second-order valence-electron chi connectivity index (χ2n) is 16.7. The van der Waals surface area contributed by atoms with Gasteiger partial charge < -0.3 is 49.4 Å². The molecular weight excluding hydrogens is 795 g/mol. The Labute approximate surface area is 356 Å². The maximum absolute atomic E-state index is 14.5. The first kappa shape index (κ1) is 46.7. The molecule has 17 heteroatoms. The number of carbonyl (C=O) groups is 4. The molecule has 1 aromatic carbocycles. The highest BCUT2D eigenvalue weighted by molar-refractivity contribution is 7.80. The van der Waals surface area contributed by atoms with Gasteiger partial charge in [-0.2, -0.15) is 0 Å². The minimum atomic E-state index is -1.79. The number of nitrogens with zero attached hydrogens (tertiary/aromatic N) is 3. The molecule has 0 saturated carbocycles. The van der Waals surface area contributed by atoms with Crippen molar-refractivity contribution in [2.45, 2.75) is 122 Å². The van der Waals surface area contributed by atoms with Gasteiger partial charge in [0, 0.05) is 54.7 Å². The van der Waals surface area contributed by atoms with Crippen LogP contribution in [0.5, 0.6) is 0 Å². The number of thiocarbonyl (C=S) groups is 1. The maximum atomic E-state index is 14.5. The standard InChI is InChI=1S/C43H59N5O11S/c1-10-31-43(7)36(47-41(60)59-43)24(3)33(50)23(2)21-42(6,58-40(54)46-17-11-12-27-13-15-28(16-14-27)29-22-44-18-19-45-29)37(25(4)34(51)26(5)38(53)55-31)57-39-35(52)30(48(8)9)20-32(49)56-39/h11-16,18-19,22-26,30-32,35-37,39,49,52H,10,17,20-21H2,1-9H3,(H,46,54)(H,47,60)/b12-11+/t23-,24+,25+,26-,30+,31-,32+,35-,36+,37-,39+,42-,43-/m1/s1. The number of nitrogens with one attached hydrogen (secondary N) is 2. The first-order valence-electron chi connectivity index (χ1n) is 20.4. The highest BCUT2D eigenvalue weighted by Crippen LogP contribution is 2.40. The molecule has 1 amide bonds. The topological polar surface area (TPSA) is 208 Å². The third-order valence-corrected chi connectivity index (χ3v) is 12.2. The van der Waals surface area contributed by atoms with Crippen molar-refractivity contribution in [3.8, 4) is 11.3 Å². The van der Waals surface area contributed by atoms with Gasteiger partial charge in [0.1, 0.15) is 35.6 Å². The zero-order valence-electron chi connectivity index (χ0n) is 35.7. The third kappa shape index (κ3) is 10.4. The number of esters is 1. The molecule has 3 aliphatic heterocycles. The molecule has 4 heterocycles. The number of rotatable bonds is 9. The maximum Gasteiger partial charge on any atom is 0.408 e. The Morgan fingerprint density at radius 3 is 2.40 bits per heavy atom. The van der Waals surface area contributed by atoms with Gasteiger partial charge in [0.2, 0.25) is 0 Å². The highest BCUT2D eigenvalue weighted by Gasteiger charge is 2.57. The summed E-state index contributed by atoms with van der Waals surface area (Å²) in [5, 5.41) is 28.1. The molecule has 3 fully saturated rings. The van der Waals surface area contributed by atoms with E-state index in [4.69, 9.17) is 35.9 Å². The van der Waals surface area contributed by atoms with Gasteiger partial charge in [-0.15, -0.1) is 0 Å². The average Bonchev–Trinajstić information content (AvgIpc) is 3.53. The van der Waals surface area contributed by atoms with Gasteiger partial charge in [0.25, 0.3) is 5.17 Å². The molecule has 2 aromatic rings. The highest BCUT2D eigenvalue weighted by atomic mass is 32.1. The van der Waals surface area contributed by atoms with Crippen LogP contribution >= 0.6 is 12.2 Å². The molecule has 3 aliphatic rings. The minimum Gasteiger partial charge on any atom is -0.459 e. The lowest BCUT2D eigenvalue weighted by Crippen LogP contribution is -2.61. The second-order valence-corrected chi connectivity index (χ2v) is 17.1. The molecule has 0 bridgehead atoms. The summed E-state index contributed by atoms with van der Waals surface area (Å²) in [4.78, 5) is 66.7. The smallest absolute Gasteiger partial charge is 0.408 e. The summed E-state index contributed by atoms with van der Waals surface area (Å²) in [6.45, 7) is 11.5. The molecule has 3 saturated heterocycles. The van der Waals surface area contributed by atoms with Gasteiger partial charge in [-0.25, -0.2) is 4.79 Å². The minimum absolute atomic E-state index is 0.0425. The van der Waals surface area contributed by atoms with Crippen LogP contribution in [0.15, 0.2) is 48.9 Å². The van der Waals surface area contributed by atoms with E-state index in [9.17, 15) is 29.4 Å². The van der Waals surface area contributed by atoms with Crippen LogP contribution < -0.4 is 10.6 Å². The molecule has 328 valence electrons. The molecule has 0 aliphatic carbocycles. The summed E-state index contributed by atoms with van der Waals surface area (Å²) in [5.74, 6) is -5.84. The molecule has 0 spiro atoms. The van der Waals surface area contributed by atoms with E-state index < -0.39 is 95.7 Å². The Morgan fingerprint density at radius 2 is 1.77 bits per heavy atom. The fourth-order valence-corrected chi connectivity index (χ4v) is 8.98. The number of hydrogen-bond acceptors (Lipinski definition) is 15. The number of Topliss-reactive ketones (excluding diaryl/α,β-unsaturated/α-hetero) is 2. The zero-order chi connectivity index (χ0) is 44.1. The number of ether oxygens (including phenoxy) is 5. The molecule has 13 atom stereocenters. The van der Waals surface area contributed by atoms with E-state index in [1.807, 2.05) is 30.3 Å². The molecule has 4 N–H and O–H groups in total. The number of amides is 1. The quantitative estimate of drug-likeness (QED) is 0.161. The fourth-order valence-electron chi connectivity index (χ4n) is 8.68. The van der Waals surface area contributed by atoms with E-state index in [2.05, 4.69) is 20.6 Å². The van der Waals surface area contributed by atoms with Crippen molar-refractivity contribution in [1.82, 2.24) is 25.5 Å². The van der Waals surface area contributed by atoms with Gasteiger partial charge in [0.15, 0.2) is 24.0 Å². The van der Waals surface area contributed by atoms with E-state index in [1.54, 1.807) is 71.4 Å². The molecule has 60 heavy (non-hydrogen) atoms. The Hall–Kier alpha value is -4.39. The van der Waals surface area contributed by atoms with E-state index in [0.29, 0.717) is 6.42 Å². The van der Waals surface area contributed by atoms with Crippen LogP contribution in [0.4, 0.5) is 4.79 Å². The van der Waals surface area contributed by atoms with Crippen LogP contribution in [-0.4, -0.2) is 129 Å². The number of cyclic esters (lactones) is 1. The van der Waals surface area contributed by atoms with Crippen molar-refractivity contribution in [3.63, 3.8) is 0 Å². The largest absolute Gasteiger partial charge is 0.459 e. The normalized spacial score (nSPS) is 35.6. The van der Waals surface area contributed by atoms with Crippen molar-refractivity contribution in [1.29, 1.82) is 0 Å². The van der Waals surface area contributed by atoms with E-state index in [0.717, 1.165) is 16.8 Å². The SMILES string of the molecule is CC[C@H]1OC(=O)[C@H](C)C(=O)[C@H](C)[C@@H](O[C@@H]2O[C@H](O)C[C@H](N(C)C)[C@H]2O)[C@](C)(OC(=O)NC/C=C/c2ccc(-c3cnccn3)cc2)C[C@@H](C)C(=O)[C@H](C)[C@@H]2NC(=S)O[C@]12C. The summed E-state index contributed by atoms with van der Waals surface area (Å²) >= 11 is 5.40. The number of aliphatic hydroxyl groups excluding tert-OH is 2. The number of ketones is 2. The van der Waals surface area contributed by atoms with Crippen LogP contribution in [0, 0.1) is 23.7 Å². The fraction of sp³-hybridized carbons (Fsp3) is 0.605. The van der Waals surface area contributed by atoms with Gasteiger partial charge in [-0.1, -0.05) is 64.1 Å². The van der Waals surface area contributed by atoms with Gasteiger partial charge >= 0.3 is 12.1 Å². The third-order valence-electron chi connectivity index (χ3n) is 12.0. The van der Waals surface area contributed by atoms with Gasteiger partial charge in [0.05, 0.1) is 17.9 Å². The summed E-state index contributed by atoms with van der Waals surface area (Å²) in [5.41, 5.74) is -0.559. The van der Waals surface area contributed by atoms with Crippen LogP contribution in [0.3, 0.4) is 0 Å². The number of likely N-dealkylation sites (N-methyl/N-ethyl adjacent to an activating group) is 1. The average molecular weight is 854 g/mol. The lowest BCUT2D eigenvalue weighted by molar-refractivity contribution is -0.326. The number of hydrogen-bond donors (Lipinski definition) is 4. The number of aromatic nitrogens is 2. The lowest BCUT2D eigenvalue weighted by atomic mass is 9.73. The molecular formula is C43H59N5O11S. The number of carbonyl (C=O) groups excluding carboxylic acids is 4. The van der Waals surface area contributed by atoms with Crippen LogP contribution in [0.2, 0.25) is 0 Å². The van der Waals surface area contributed by atoms with E-state index in [1.165, 1.54) is 20.8 Å². The lowest BCUT2D eigenvalue weighted by Gasteiger charge is -2.46. The van der Waals surface area contributed by atoms with Crippen molar-refractivity contribution >= 4 is 47.1 Å². The zero-order valence-corrected chi connectivity index (χ0v) is 36.5. The summed E-state index contributed by atoms with van der Waals surface area (Å²) in [6, 6.07) is 6.28. The number of fused-ring (bicyclic) bond motifs is 1. The Morgan fingerprint density at radius 1 is 1.07 bits per heavy atom. The van der Waals surface area contributed by atoms with Crippen molar-refractivity contribution in [3.05, 3.63) is 54.5 Å². The number of aliphatic hydroxyl groups is 2. The first-order chi connectivity index (χ1) is 28.3. The predicted molar refractivity (Wildman–Crippen MR) is 224 cm³/mol. The summed E-state index contributed by atoms with van der Waals surface area (Å²) in [6.07, 6.45) is 1.26. The molecule has 16 nitrogen and oxygen atoms in total. The molecule has 0 unspecified atom stereocenters. The predicted octanol–water partition coefficient (Wildman–Crippen LogP) is 3.82. The van der Waals surface area contributed by atoms with Crippen molar-refractivity contribution in [2.24, 2.45) is 23.7 Å². The Balaban J connectivity index is 1.48. The van der Waals surface area contributed by atoms with Crippen LogP contribution in [0.1, 0.15) is 73.3 Å². The van der Waals surface area contributed by atoms with Gasteiger partial charge in [-0.05, 0) is 65.5 Å². The summed E-state index contributed by atoms with van der Waals surface area (Å²) in [7, 11) is 3.45. The van der Waals surface area contributed by atoms with Crippen LogP contribution in [0.25, 0.3) is 17.3 Å². The molecule has 0 radical (unpaired) electrons. The molecule has 1 aromatic heterocycles. The monoisotopic (exact) mass is 853 g/mol. The van der Waals surface area contributed by atoms with Gasteiger partial charge in [-0.3, -0.25) is 24.4 Å². The Bertz CT molecular complexity index is 1890.